The highest BCUT2D eigenvalue weighted by atomic mass is 32.2. The lowest BCUT2D eigenvalue weighted by molar-refractivity contribution is -0.113. The van der Waals surface area contributed by atoms with Gasteiger partial charge >= 0.3 is 0 Å². The number of H-pyrrole nitrogens is 1. The molecule has 182 valence electrons. The van der Waals surface area contributed by atoms with Gasteiger partial charge in [-0.1, -0.05) is 53.7 Å². The molecule has 0 radical (unpaired) electrons. The molecule has 0 unspecified atom stereocenters. The van der Waals surface area contributed by atoms with Crippen LogP contribution in [-0.4, -0.2) is 32.7 Å². The second kappa shape index (κ2) is 11.0. The van der Waals surface area contributed by atoms with Crippen LogP contribution in [0.5, 0.6) is 0 Å². The Hall–Kier alpha value is -4.24. The van der Waals surface area contributed by atoms with Crippen LogP contribution in [0.25, 0.3) is 11.3 Å². The molecule has 4 aromatic rings. The summed E-state index contributed by atoms with van der Waals surface area (Å²) in [5.74, 6) is -0.461. The molecule has 0 aliphatic heterocycles. The van der Waals surface area contributed by atoms with Gasteiger partial charge in [0, 0.05) is 16.8 Å². The molecule has 8 nitrogen and oxygen atoms in total. The van der Waals surface area contributed by atoms with E-state index in [1.807, 2.05) is 51.1 Å². The lowest BCUT2D eigenvalue weighted by Gasteiger charge is -2.12. The maximum atomic E-state index is 12.9. The zero-order chi connectivity index (χ0) is 25.7. The van der Waals surface area contributed by atoms with Crippen molar-refractivity contribution in [1.82, 2.24) is 15.2 Å². The van der Waals surface area contributed by atoms with Crippen LogP contribution in [0.15, 0.2) is 76.7 Å². The number of hydrogen-bond acceptors (Lipinski definition) is 6. The van der Waals surface area contributed by atoms with E-state index in [0.29, 0.717) is 16.8 Å². The van der Waals surface area contributed by atoms with Gasteiger partial charge in [-0.15, -0.1) is 10.2 Å². The predicted molar refractivity (Wildman–Crippen MR) is 142 cm³/mol. The molecule has 0 spiro atoms. The van der Waals surface area contributed by atoms with E-state index in [4.69, 9.17) is 0 Å². The van der Waals surface area contributed by atoms with Crippen molar-refractivity contribution in [2.24, 2.45) is 0 Å². The first-order valence-electron chi connectivity index (χ1n) is 11.2. The summed E-state index contributed by atoms with van der Waals surface area (Å²) >= 11 is 1.08. The third-order valence-electron chi connectivity index (χ3n) is 5.61. The number of carbonyl (C=O) groups is 2. The van der Waals surface area contributed by atoms with Crippen molar-refractivity contribution < 1.29 is 9.59 Å². The molecule has 9 heteroatoms. The summed E-state index contributed by atoms with van der Waals surface area (Å²) in [6.07, 6.45) is 0. The minimum atomic E-state index is -0.469. The molecule has 1 heterocycles. The fourth-order valence-electron chi connectivity index (χ4n) is 3.52. The Morgan fingerprint density at radius 3 is 2.42 bits per heavy atom. The van der Waals surface area contributed by atoms with Gasteiger partial charge in [0.1, 0.15) is 0 Å². The monoisotopic (exact) mass is 499 g/mol. The molecule has 0 saturated carbocycles. The van der Waals surface area contributed by atoms with Gasteiger partial charge in [-0.25, -0.2) is 0 Å². The van der Waals surface area contributed by atoms with Gasteiger partial charge in [-0.2, -0.15) is 0 Å². The van der Waals surface area contributed by atoms with E-state index in [2.05, 4.69) is 25.8 Å². The van der Waals surface area contributed by atoms with Crippen molar-refractivity contribution in [3.63, 3.8) is 0 Å². The minimum Gasteiger partial charge on any atom is -0.325 e. The molecule has 0 fully saturated rings. The molecular weight excluding hydrogens is 474 g/mol. The van der Waals surface area contributed by atoms with Gasteiger partial charge in [-0.3, -0.25) is 19.4 Å². The lowest BCUT2D eigenvalue weighted by Crippen LogP contribution is -2.19. The number of nitrogens with zero attached hydrogens (tertiary/aromatic N) is 2. The Kier molecular flexibility index (Phi) is 7.60. The largest absolute Gasteiger partial charge is 0.325 e. The SMILES string of the molecule is Cc1ccc(NC(=O)c2ccccc2)c(-c2nnc(SCC(=O)Nc3cccc(C)c3C)[nH]c2=O)c1. The van der Waals surface area contributed by atoms with Crippen molar-refractivity contribution in [1.29, 1.82) is 0 Å². The molecule has 3 N–H and O–H groups in total. The number of aromatic nitrogens is 3. The van der Waals surface area contributed by atoms with Crippen LogP contribution in [-0.2, 0) is 4.79 Å². The Bertz CT molecular complexity index is 1480. The van der Waals surface area contributed by atoms with Crippen molar-refractivity contribution in [3.8, 4) is 11.3 Å². The number of carbonyl (C=O) groups excluding carboxylic acids is 2. The minimum absolute atomic E-state index is 0.0557. The first kappa shape index (κ1) is 24.9. The second-order valence-electron chi connectivity index (χ2n) is 8.26. The summed E-state index contributed by atoms with van der Waals surface area (Å²) in [6.45, 7) is 5.81. The second-order valence-corrected chi connectivity index (χ2v) is 9.23. The Morgan fingerprint density at radius 1 is 0.889 bits per heavy atom. The maximum Gasteiger partial charge on any atom is 0.278 e. The van der Waals surface area contributed by atoms with Crippen LogP contribution >= 0.6 is 11.8 Å². The molecule has 4 rings (SSSR count). The van der Waals surface area contributed by atoms with E-state index in [-0.39, 0.29) is 28.4 Å². The predicted octanol–water partition coefficient (Wildman–Crippen LogP) is 4.74. The van der Waals surface area contributed by atoms with Crippen LogP contribution in [0.1, 0.15) is 27.0 Å². The van der Waals surface area contributed by atoms with Crippen LogP contribution in [0.3, 0.4) is 0 Å². The molecule has 0 bridgehead atoms. The van der Waals surface area contributed by atoms with Gasteiger partial charge in [0.05, 0.1) is 11.4 Å². The summed E-state index contributed by atoms with van der Waals surface area (Å²) in [4.78, 5) is 40.7. The number of rotatable bonds is 7. The summed E-state index contributed by atoms with van der Waals surface area (Å²) in [5.41, 5.74) is 4.73. The zero-order valence-electron chi connectivity index (χ0n) is 20.1. The number of anilines is 2. The highest BCUT2D eigenvalue weighted by Gasteiger charge is 2.16. The van der Waals surface area contributed by atoms with Crippen LogP contribution in [0.4, 0.5) is 11.4 Å². The summed E-state index contributed by atoms with van der Waals surface area (Å²) in [6, 6.07) is 19.8. The molecule has 0 atom stereocenters. The number of hydrogen-bond donors (Lipinski definition) is 3. The van der Waals surface area contributed by atoms with E-state index in [0.717, 1.165) is 34.1 Å². The standard InChI is InChI=1S/C27H25N5O3S/c1-16-12-13-22(29-25(34)19-9-5-4-6-10-19)20(14-16)24-26(35)30-27(32-31-24)36-15-23(33)28-21-11-7-8-17(2)18(21)3/h4-14H,15H2,1-3H3,(H,28,33)(H,29,34)(H,30,32,35). The molecule has 0 aliphatic carbocycles. The van der Waals surface area contributed by atoms with E-state index in [1.54, 1.807) is 36.4 Å². The van der Waals surface area contributed by atoms with Gasteiger partial charge in [0.15, 0.2) is 10.9 Å². The Balaban J connectivity index is 1.49. The molecule has 3 aromatic carbocycles. The Morgan fingerprint density at radius 2 is 1.67 bits per heavy atom. The average Bonchev–Trinajstić information content (AvgIpc) is 2.87. The number of aryl methyl sites for hydroxylation is 2. The van der Waals surface area contributed by atoms with E-state index in [9.17, 15) is 14.4 Å². The quantitative estimate of drug-likeness (QED) is 0.316. The summed E-state index contributed by atoms with van der Waals surface area (Å²) < 4.78 is 0. The number of amides is 2. The fourth-order valence-corrected chi connectivity index (χ4v) is 4.12. The van der Waals surface area contributed by atoms with Crippen LogP contribution in [0, 0.1) is 20.8 Å². The Labute approximate surface area is 212 Å². The normalized spacial score (nSPS) is 10.6. The number of nitrogens with one attached hydrogen (secondary N) is 3. The van der Waals surface area contributed by atoms with Gasteiger partial charge in [0.2, 0.25) is 5.91 Å². The number of benzene rings is 3. The summed E-state index contributed by atoms with van der Waals surface area (Å²) in [7, 11) is 0. The maximum absolute atomic E-state index is 12.9. The van der Waals surface area contributed by atoms with Crippen LogP contribution in [0.2, 0.25) is 0 Å². The number of thioether (sulfide) groups is 1. The first-order chi connectivity index (χ1) is 17.3. The highest BCUT2D eigenvalue weighted by Crippen LogP contribution is 2.26. The van der Waals surface area contributed by atoms with Crippen molar-refractivity contribution in [2.75, 3.05) is 16.4 Å². The third kappa shape index (κ3) is 5.87. The topological polar surface area (TPSA) is 117 Å². The molecular formula is C27H25N5O3S. The lowest BCUT2D eigenvalue weighted by atomic mass is 10.1. The third-order valence-corrected chi connectivity index (χ3v) is 6.47. The molecule has 2 amide bonds. The smallest absolute Gasteiger partial charge is 0.278 e. The molecule has 36 heavy (non-hydrogen) atoms. The van der Waals surface area contributed by atoms with E-state index < -0.39 is 5.56 Å². The van der Waals surface area contributed by atoms with E-state index in [1.165, 1.54) is 0 Å². The first-order valence-corrected chi connectivity index (χ1v) is 12.2. The molecule has 0 aliphatic rings. The zero-order valence-corrected chi connectivity index (χ0v) is 20.9. The highest BCUT2D eigenvalue weighted by molar-refractivity contribution is 7.99. The van der Waals surface area contributed by atoms with Gasteiger partial charge in [-0.05, 0) is 62.2 Å². The van der Waals surface area contributed by atoms with Crippen LogP contribution < -0.4 is 16.2 Å². The van der Waals surface area contributed by atoms with Crippen molar-refractivity contribution in [2.45, 2.75) is 25.9 Å². The van der Waals surface area contributed by atoms with Crippen molar-refractivity contribution in [3.05, 3.63) is 99.3 Å². The van der Waals surface area contributed by atoms with Gasteiger partial charge < -0.3 is 10.6 Å². The van der Waals surface area contributed by atoms with E-state index >= 15 is 0 Å². The van der Waals surface area contributed by atoms with Crippen molar-refractivity contribution >= 4 is 35.0 Å². The summed E-state index contributed by atoms with van der Waals surface area (Å²) in [5, 5.41) is 14.2. The fraction of sp³-hybridized carbons (Fsp3) is 0.148. The average molecular weight is 500 g/mol. The van der Waals surface area contributed by atoms with Gasteiger partial charge in [0.25, 0.3) is 11.5 Å². The number of aromatic amines is 1. The molecule has 1 aromatic heterocycles. The molecule has 0 saturated heterocycles.